The molecule has 7 nitrogen and oxygen atoms in total. The highest BCUT2D eigenvalue weighted by Gasteiger charge is 2.31. The van der Waals surface area contributed by atoms with E-state index in [9.17, 15) is 14.4 Å². The minimum atomic E-state index is -0.476. The van der Waals surface area contributed by atoms with Crippen molar-refractivity contribution < 1.29 is 23.9 Å². The Bertz CT molecular complexity index is 675. The molecule has 1 saturated heterocycles. The van der Waals surface area contributed by atoms with E-state index in [1.807, 2.05) is 30.3 Å². The van der Waals surface area contributed by atoms with Crippen molar-refractivity contribution in [3.63, 3.8) is 0 Å². The van der Waals surface area contributed by atoms with Gasteiger partial charge >= 0.3 is 12.1 Å². The summed E-state index contributed by atoms with van der Waals surface area (Å²) in [7, 11) is 1.34. The largest absolute Gasteiger partial charge is 0.466 e. The van der Waals surface area contributed by atoms with E-state index in [1.165, 1.54) is 13.2 Å². The van der Waals surface area contributed by atoms with Crippen LogP contribution in [0.3, 0.4) is 0 Å². The highest BCUT2D eigenvalue weighted by molar-refractivity contribution is 5.81. The van der Waals surface area contributed by atoms with E-state index in [0.717, 1.165) is 24.8 Å². The smallest absolute Gasteiger partial charge is 0.407 e. The number of esters is 1. The fourth-order valence-electron chi connectivity index (χ4n) is 3.06. The Labute approximate surface area is 165 Å². The zero-order chi connectivity index (χ0) is 20.2. The summed E-state index contributed by atoms with van der Waals surface area (Å²) in [6, 6.07) is 9.53. The van der Waals surface area contributed by atoms with Crippen LogP contribution in [0.15, 0.2) is 42.5 Å². The van der Waals surface area contributed by atoms with Crippen molar-refractivity contribution in [3.05, 3.63) is 48.0 Å². The summed E-state index contributed by atoms with van der Waals surface area (Å²) in [5, 5.41) is 2.72. The molecule has 2 amide bonds. The molecule has 7 heteroatoms. The number of likely N-dealkylation sites (tertiary alicyclic amines) is 1. The van der Waals surface area contributed by atoms with Crippen molar-refractivity contribution in [2.75, 3.05) is 20.3 Å². The number of nitrogens with zero attached hydrogens (tertiary/aromatic N) is 1. The highest BCUT2D eigenvalue weighted by atomic mass is 16.5. The molecule has 1 fully saturated rings. The van der Waals surface area contributed by atoms with Gasteiger partial charge in [-0.25, -0.2) is 9.59 Å². The van der Waals surface area contributed by atoms with Gasteiger partial charge in [-0.3, -0.25) is 4.79 Å². The van der Waals surface area contributed by atoms with E-state index >= 15 is 0 Å². The Morgan fingerprint density at radius 2 is 2.04 bits per heavy atom. The maximum absolute atomic E-state index is 12.1. The van der Waals surface area contributed by atoms with Crippen LogP contribution in [0.1, 0.15) is 37.7 Å². The zero-order valence-electron chi connectivity index (χ0n) is 16.3. The first kappa shape index (κ1) is 21.5. The quantitative estimate of drug-likeness (QED) is 0.378. The maximum atomic E-state index is 12.1. The number of methoxy groups -OCH3 is 1. The summed E-state index contributed by atoms with van der Waals surface area (Å²) in [4.78, 5) is 36.8. The zero-order valence-corrected chi connectivity index (χ0v) is 16.3. The van der Waals surface area contributed by atoms with Gasteiger partial charge in [-0.2, -0.15) is 0 Å². The van der Waals surface area contributed by atoms with E-state index in [0.29, 0.717) is 25.9 Å². The lowest BCUT2D eigenvalue weighted by Gasteiger charge is -2.24. The van der Waals surface area contributed by atoms with Crippen LogP contribution in [0, 0.1) is 0 Å². The summed E-state index contributed by atoms with van der Waals surface area (Å²) < 4.78 is 9.83. The summed E-state index contributed by atoms with van der Waals surface area (Å²) in [5.41, 5.74) is 0.998. The molecule has 0 saturated carbocycles. The number of hydrogen-bond acceptors (Lipinski definition) is 5. The molecule has 0 spiro atoms. The lowest BCUT2D eigenvalue weighted by molar-refractivity contribution is -0.134. The number of carbonyl (C=O) groups excluding carboxylic acids is 3. The standard InChI is InChI=1S/C21H28N2O5/c1-27-20(25)11-7-2-3-8-14-23-18(12-13-19(23)24)16-28-21(26)22-15-17-9-5-4-6-10-17/h4-7,9-11,18H,2-3,8,12-16H2,1H3,(H,22,26)/t18-/m1/s1. The summed E-state index contributed by atoms with van der Waals surface area (Å²) in [6.45, 7) is 1.24. The van der Waals surface area contributed by atoms with Crippen molar-refractivity contribution in [1.82, 2.24) is 10.2 Å². The number of allylic oxidation sites excluding steroid dienone is 1. The number of carbonyl (C=O) groups is 3. The molecule has 0 radical (unpaired) electrons. The van der Waals surface area contributed by atoms with Gasteiger partial charge in [0.05, 0.1) is 13.2 Å². The van der Waals surface area contributed by atoms with E-state index in [-0.39, 0.29) is 24.5 Å². The van der Waals surface area contributed by atoms with Gasteiger partial charge in [-0.15, -0.1) is 0 Å². The topological polar surface area (TPSA) is 84.9 Å². The molecule has 1 N–H and O–H groups in total. The minimum absolute atomic E-state index is 0.0689. The predicted molar refractivity (Wildman–Crippen MR) is 104 cm³/mol. The lowest BCUT2D eigenvalue weighted by atomic mass is 10.2. The number of rotatable bonds is 10. The fraction of sp³-hybridized carbons (Fsp3) is 0.476. The predicted octanol–water partition coefficient (Wildman–Crippen LogP) is 2.80. The van der Waals surface area contributed by atoms with Crippen LogP contribution < -0.4 is 5.32 Å². The number of hydrogen-bond donors (Lipinski definition) is 1. The van der Waals surface area contributed by atoms with Crippen LogP contribution in [0.2, 0.25) is 0 Å². The van der Waals surface area contributed by atoms with E-state index in [4.69, 9.17) is 4.74 Å². The summed E-state index contributed by atoms with van der Waals surface area (Å²) >= 11 is 0. The van der Waals surface area contributed by atoms with Crippen LogP contribution in [-0.2, 0) is 25.6 Å². The highest BCUT2D eigenvalue weighted by Crippen LogP contribution is 2.20. The number of ether oxygens (including phenoxy) is 2. The third-order valence-corrected chi connectivity index (χ3v) is 4.61. The molecule has 1 heterocycles. The Hall–Kier alpha value is -2.83. The summed E-state index contributed by atoms with van der Waals surface area (Å²) in [5.74, 6) is -0.263. The van der Waals surface area contributed by atoms with Crippen molar-refractivity contribution in [3.8, 4) is 0 Å². The molecule has 0 aromatic heterocycles. The van der Waals surface area contributed by atoms with Crippen LogP contribution in [0.25, 0.3) is 0 Å². The van der Waals surface area contributed by atoms with E-state index in [2.05, 4.69) is 10.1 Å². The fourth-order valence-corrected chi connectivity index (χ4v) is 3.06. The summed E-state index contributed by atoms with van der Waals surface area (Å²) in [6.07, 6.45) is 6.34. The Morgan fingerprint density at radius 3 is 2.79 bits per heavy atom. The molecule has 0 aliphatic carbocycles. The maximum Gasteiger partial charge on any atom is 0.407 e. The lowest BCUT2D eigenvalue weighted by Crippen LogP contribution is -2.38. The van der Waals surface area contributed by atoms with Crippen LogP contribution in [0.5, 0.6) is 0 Å². The molecule has 1 aromatic rings. The first-order valence-corrected chi connectivity index (χ1v) is 9.58. The van der Waals surface area contributed by atoms with Gasteiger partial charge in [-0.05, 0) is 31.2 Å². The molecule has 28 heavy (non-hydrogen) atoms. The minimum Gasteiger partial charge on any atom is -0.466 e. The number of amides is 2. The molecule has 1 aliphatic heterocycles. The normalized spacial score (nSPS) is 16.4. The second kappa shape index (κ2) is 11.8. The molecule has 1 atom stereocenters. The Kier molecular flexibility index (Phi) is 9.04. The van der Waals surface area contributed by atoms with Gasteiger partial charge in [-0.1, -0.05) is 36.4 Å². The van der Waals surface area contributed by atoms with Crippen molar-refractivity contribution in [2.24, 2.45) is 0 Å². The average Bonchev–Trinajstić information content (AvgIpc) is 3.07. The first-order chi connectivity index (χ1) is 13.6. The number of unbranched alkanes of at least 4 members (excludes halogenated alkanes) is 2. The van der Waals surface area contributed by atoms with Crippen molar-refractivity contribution in [1.29, 1.82) is 0 Å². The van der Waals surface area contributed by atoms with Crippen LogP contribution in [0.4, 0.5) is 4.79 Å². The van der Waals surface area contributed by atoms with Gasteiger partial charge < -0.3 is 19.7 Å². The van der Waals surface area contributed by atoms with Crippen molar-refractivity contribution >= 4 is 18.0 Å². The third-order valence-electron chi connectivity index (χ3n) is 4.61. The van der Waals surface area contributed by atoms with Crippen LogP contribution >= 0.6 is 0 Å². The van der Waals surface area contributed by atoms with Gasteiger partial charge in [0.25, 0.3) is 0 Å². The van der Waals surface area contributed by atoms with E-state index < -0.39 is 6.09 Å². The number of nitrogens with one attached hydrogen (secondary N) is 1. The average molecular weight is 388 g/mol. The Balaban J connectivity index is 1.66. The molecular weight excluding hydrogens is 360 g/mol. The molecule has 2 rings (SSSR count). The Morgan fingerprint density at radius 1 is 1.25 bits per heavy atom. The van der Waals surface area contributed by atoms with Crippen molar-refractivity contribution in [2.45, 2.75) is 44.7 Å². The first-order valence-electron chi connectivity index (χ1n) is 9.58. The molecule has 1 aromatic carbocycles. The van der Waals surface area contributed by atoms with Gasteiger partial charge in [0.2, 0.25) is 5.91 Å². The third kappa shape index (κ3) is 7.42. The van der Waals surface area contributed by atoms with Gasteiger partial charge in [0.15, 0.2) is 0 Å². The van der Waals surface area contributed by atoms with E-state index in [1.54, 1.807) is 11.0 Å². The number of alkyl carbamates (subject to hydrolysis) is 1. The molecular formula is C21H28N2O5. The van der Waals surface area contributed by atoms with Gasteiger partial charge in [0.1, 0.15) is 6.61 Å². The second-order valence-corrected chi connectivity index (χ2v) is 6.64. The number of benzene rings is 1. The molecule has 1 aliphatic rings. The monoisotopic (exact) mass is 388 g/mol. The SMILES string of the molecule is COC(=O)C=CCCCCN1C(=O)CC[C@@H]1COC(=O)NCc1ccccc1. The van der Waals surface area contributed by atoms with Crippen LogP contribution in [-0.4, -0.2) is 49.2 Å². The molecule has 152 valence electrons. The molecule has 0 bridgehead atoms. The van der Waals surface area contributed by atoms with Gasteiger partial charge in [0, 0.05) is 25.6 Å². The second-order valence-electron chi connectivity index (χ2n) is 6.64. The molecule has 0 unspecified atom stereocenters.